The molecule has 1 fully saturated rings. The third-order valence-corrected chi connectivity index (χ3v) is 5.72. The lowest BCUT2D eigenvalue weighted by Crippen LogP contribution is -2.46. The molecule has 7 heteroatoms. The van der Waals surface area contributed by atoms with Gasteiger partial charge in [-0.25, -0.2) is 4.79 Å². The van der Waals surface area contributed by atoms with E-state index in [0.29, 0.717) is 30.5 Å². The van der Waals surface area contributed by atoms with Crippen molar-refractivity contribution in [3.05, 3.63) is 42.0 Å². The second-order valence-electron chi connectivity index (χ2n) is 9.46. The van der Waals surface area contributed by atoms with Gasteiger partial charge in [-0.2, -0.15) is 0 Å². The summed E-state index contributed by atoms with van der Waals surface area (Å²) in [4.78, 5) is 41.8. The molecule has 1 heterocycles. The molecule has 32 heavy (non-hydrogen) atoms. The van der Waals surface area contributed by atoms with Crippen molar-refractivity contribution in [3.63, 3.8) is 0 Å². The minimum Gasteiger partial charge on any atom is -0.497 e. The Bertz CT molecular complexity index is 1020. The Morgan fingerprint density at radius 2 is 1.62 bits per heavy atom. The second-order valence-corrected chi connectivity index (χ2v) is 9.46. The molecule has 1 N–H and O–H groups in total. The van der Waals surface area contributed by atoms with E-state index >= 15 is 0 Å². The number of imide groups is 1. The van der Waals surface area contributed by atoms with E-state index in [1.54, 1.807) is 18.9 Å². The van der Waals surface area contributed by atoms with Gasteiger partial charge in [0.15, 0.2) is 0 Å². The molecule has 0 saturated carbocycles. The number of methoxy groups -OCH3 is 1. The first-order chi connectivity index (χ1) is 15.0. The molecule has 2 aromatic carbocycles. The van der Waals surface area contributed by atoms with Gasteiger partial charge in [-0.1, -0.05) is 45.9 Å². The molecule has 0 aliphatic carbocycles. The summed E-state index contributed by atoms with van der Waals surface area (Å²) in [6, 6.07) is 10.8. The molecule has 1 aliphatic rings. The number of fused-ring (bicyclic) bond motifs is 1. The minimum absolute atomic E-state index is 0.217. The number of hydrogen-bond acceptors (Lipinski definition) is 4. The van der Waals surface area contributed by atoms with Crippen LogP contribution in [-0.4, -0.2) is 54.4 Å². The van der Waals surface area contributed by atoms with Gasteiger partial charge in [-0.15, -0.1) is 0 Å². The largest absolute Gasteiger partial charge is 0.497 e. The fourth-order valence-corrected chi connectivity index (χ4v) is 4.09. The summed E-state index contributed by atoms with van der Waals surface area (Å²) < 4.78 is 5.27. The molecule has 4 amide bonds. The van der Waals surface area contributed by atoms with Gasteiger partial charge < -0.3 is 15.0 Å². The zero-order valence-electron chi connectivity index (χ0n) is 19.8. The quantitative estimate of drug-likeness (QED) is 0.636. The van der Waals surface area contributed by atoms with Gasteiger partial charge in [0.2, 0.25) is 5.91 Å². The van der Waals surface area contributed by atoms with Gasteiger partial charge in [-0.05, 0) is 53.3 Å². The van der Waals surface area contributed by atoms with Crippen molar-refractivity contribution in [3.8, 4) is 5.75 Å². The first kappa shape index (κ1) is 23.6. The van der Waals surface area contributed by atoms with E-state index in [2.05, 4.69) is 5.32 Å². The molecule has 2 aromatic rings. The number of ether oxygens (including phenoxy) is 1. The maximum atomic E-state index is 13.3. The molecule has 7 nitrogen and oxygen atoms in total. The van der Waals surface area contributed by atoms with Gasteiger partial charge in [-0.3, -0.25) is 14.5 Å². The third-order valence-electron chi connectivity index (χ3n) is 5.72. The van der Waals surface area contributed by atoms with Gasteiger partial charge in [0, 0.05) is 13.1 Å². The third kappa shape index (κ3) is 4.71. The van der Waals surface area contributed by atoms with E-state index in [-0.39, 0.29) is 12.5 Å². The Balaban J connectivity index is 1.84. The zero-order chi connectivity index (χ0) is 23.6. The Hall–Kier alpha value is -3.09. The Morgan fingerprint density at radius 3 is 2.22 bits per heavy atom. The van der Waals surface area contributed by atoms with E-state index in [1.807, 2.05) is 64.1 Å². The number of nitrogens with one attached hydrogen (secondary N) is 1. The summed E-state index contributed by atoms with van der Waals surface area (Å²) in [5.41, 5.74) is -0.559. The molecule has 1 aliphatic heterocycles. The van der Waals surface area contributed by atoms with Crippen molar-refractivity contribution in [1.29, 1.82) is 0 Å². The first-order valence-corrected chi connectivity index (χ1v) is 11.0. The van der Waals surface area contributed by atoms with Crippen LogP contribution in [0.4, 0.5) is 4.79 Å². The van der Waals surface area contributed by atoms with Crippen LogP contribution < -0.4 is 10.1 Å². The van der Waals surface area contributed by atoms with Crippen LogP contribution in [0.25, 0.3) is 10.8 Å². The SMILES string of the molecule is COc1ccc2cc([C@@]3(C)NC(=O)N(CC(=O)N(CC(C)C)CC(C)C)C3=O)ccc2c1. The van der Waals surface area contributed by atoms with E-state index in [0.717, 1.165) is 21.4 Å². The number of carbonyl (C=O) groups is 3. The van der Waals surface area contributed by atoms with Crippen molar-refractivity contribution in [2.75, 3.05) is 26.7 Å². The topological polar surface area (TPSA) is 79.0 Å². The lowest BCUT2D eigenvalue weighted by Gasteiger charge is -2.28. The average Bonchev–Trinajstić information content (AvgIpc) is 2.95. The predicted molar refractivity (Wildman–Crippen MR) is 124 cm³/mol. The molecule has 1 saturated heterocycles. The van der Waals surface area contributed by atoms with Gasteiger partial charge >= 0.3 is 6.03 Å². The van der Waals surface area contributed by atoms with Crippen molar-refractivity contribution in [2.24, 2.45) is 11.8 Å². The highest BCUT2D eigenvalue weighted by atomic mass is 16.5. The van der Waals surface area contributed by atoms with E-state index in [4.69, 9.17) is 4.74 Å². The lowest BCUT2D eigenvalue weighted by atomic mass is 9.90. The van der Waals surface area contributed by atoms with Crippen LogP contribution in [0.15, 0.2) is 36.4 Å². The lowest BCUT2D eigenvalue weighted by molar-refractivity contribution is -0.139. The summed E-state index contributed by atoms with van der Waals surface area (Å²) in [5.74, 6) is 0.701. The summed E-state index contributed by atoms with van der Waals surface area (Å²) in [7, 11) is 1.61. The van der Waals surface area contributed by atoms with Gasteiger partial charge in [0.05, 0.1) is 7.11 Å². The molecular formula is C25H33N3O4. The maximum Gasteiger partial charge on any atom is 0.325 e. The summed E-state index contributed by atoms with van der Waals surface area (Å²) in [6.45, 7) is 10.8. The fourth-order valence-electron chi connectivity index (χ4n) is 4.09. The summed E-state index contributed by atoms with van der Waals surface area (Å²) in [5, 5.41) is 4.70. The number of carbonyl (C=O) groups excluding carboxylic acids is 3. The van der Waals surface area contributed by atoms with Crippen LogP contribution in [0, 0.1) is 11.8 Å². The number of nitrogens with zero attached hydrogens (tertiary/aromatic N) is 2. The number of hydrogen-bond donors (Lipinski definition) is 1. The Labute approximate surface area is 189 Å². The fraction of sp³-hybridized carbons (Fsp3) is 0.480. The van der Waals surface area contributed by atoms with E-state index in [1.165, 1.54) is 0 Å². The smallest absolute Gasteiger partial charge is 0.325 e. The van der Waals surface area contributed by atoms with Crippen LogP contribution >= 0.6 is 0 Å². The van der Waals surface area contributed by atoms with Crippen LogP contribution in [0.3, 0.4) is 0 Å². The standard InChI is InChI=1S/C25H33N3O4/c1-16(2)13-27(14-17(3)4)22(29)15-28-23(30)25(5,26-24(28)31)20-9-7-19-12-21(32-6)10-8-18(19)11-20/h7-12,16-17H,13-15H2,1-6H3,(H,26,31)/t25-/m1/s1. The molecule has 1 atom stereocenters. The number of urea groups is 1. The predicted octanol–water partition coefficient (Wildman–Crippen LogP) is 3.76. The van der Waals surface area contributed by atoms with Crippen LogP contribution in [-0.2, 0) is 15.1 Å². The monoisotopic (exact) mass is 439 g/mol. The summed E-state index contributed by atoms with van der Waals surface area (Å²) in [6.07, 6.45) is 0. The molecule has 0 bridgehead atoms. The Kier molecular flexibility index (Phi) is 6.77. The Morgan fingerprint density at radius 1 is 1.03 bits per heavy atom. The van der Waals surface area contributed by atoms with E-state index < -0.39 is 17.5 Å². The highest BCUT2D eigenvalue weighted by Gasteiger charge is 2.49. The minimum atomic E-state index is -1.23. The first-order valence-electron chi connectivity index (χ1n) is 11.0. The van der Waals surface area contributed by atoms with Gasteiger partial charge in [0.1, 0.15) is 17.8 Å². The van der Waals surface area contributed by atoms with Crippen molar-refractivity contribution in [2.45, 2.75) is 40.2 Å². The van der Waals surface area contributed by atoms with Crippen LogP contribution in [0.2, 0.25) is 0 Å². The highest BCUT2D eigenvalue weighted by Crippen LogP contribution is 2.32. The van der Waals surface area contributed by atoms with E-state index in [9.17, 15) is 14.4 Å². The summed E-state index contributed by atoms with van der Waals surface area (Å²) >= 11 is 0. The van der Waals surface area contributed by atoms with Crippen LogP contribution in [0.5, 0.6) is 5.75 Å². The number of rotatable bonds is 8. The molecule has 3 rings (SSSR count). The average molecular weight is 440 g/mol. The van der Waals surface area contributed by atoms with Crippen molar-refractivity contribution >= 4 is 28.6 Å². The maximum absolute atomic E-state index is 13.3. The van der Waals surface area contributed by atoms with Crippen molar-refractivity contribution in [1.82, 2.24) is 15.1 Å². The van der Waals surface area contributed by atoms with Gasteiger partial charge in [0.25, 0.3) is 5.91 Å². The molecule has 0 aromatic heterocycles. The van der Waals surface area contributed by atoms with Crippen LogP contribution in [0.1, 0.15) is 40.2 Å². The molecule has 0 spiro atoms. The zero-order valence-corrected chi connectivity index (χ0v) is 19.8. The highest BCUT2D eigenvalue weighted by molar-refractivity contribution is 6.09. The molecule has 172 valence electrons. The second kappa shape index (κ2) is 9.18. The molecule has 0 unspecified atom stereocenters. The molecule has 0 radical (unpaired) electrons. The number of benzene rings is 2. The molecular weight excluding hydrogens is 406 g/mol. The number of amides is 4. The normalized spacial score (nSPS) is 18.6. The van der Waals surface area contributed by atoms with Crippen molar-refractivity contribution < 1.29 is 19.1 Å².